The van der Waals surface area contributed by atoms with E-state index >= 15 is 0 Å². The van der Waals surface area contributed by atoms with Gasteiger partial charge in [0.1, 0.15) is 0 Å². The van der Waals surface area contributed by atoms with Gasteiger partial charge >= 0.3 is 163 Å². The zero-order valence-electron chi connectivity index (χ0n) is 12.4. The number of hydrogen-bond donors (Lipinski definition) is 0. The molecule has 15 heavy (non-hydrogen) atoms. The monoisotopic (exact) mass is 240 g/mol. The Morgan fingerprint density at radius 2 is 1.40 bits per heavy atom. The molecule has 0 saturated carbocycles. The van der Waals surface area contributed by atoms with Crippen molar-refractivity contribution in [3.63, 3.8) is 0 Å². The van der Waals surface area contributed by atoms with E-state index in [1.165, 1.54) is 75.7 Å². The molecule has 3 heteroatoms. The molecule has 0 aromatic heterocycles. The molecule has 0 spiro atoms. The van der Waals surface area contributed by atoms with Gasteiger partial charge in [-0.1, -0.05) is 0 Å². The maximum atomic E-state index is 2.24. The Balaban J connectivity index is -0.000000144. The van der Waals surface area contributed by atoms with Gasteiger partial charge in [0.2, 0.25) is 0 Å². The van der Waals surface area contributed by atoms with Gasteiger partial charge < -0.3 is 0 Å². The first-order chi connectivity index (χ1) is 7.24. The van der Waals surface area contributed by atoms with E-state index in [0.717, 1.165) is 49.0 Å². The molecule has 0 N–H and O–H groups in total. The molecule has 0 bridgehead atoms. The quantitative estimate of drug-likeness (QED) is 0.613. The third kappa shape index (κ3) is 46.9. The molecular weight excluding hydrogens is 213 g/mol. The number of rotatable bonds is 6. The Kier molecular flexibility index (Phi) is 47.2. The fraction of sp³-hybridized carbons (Fsp3) is 1.00. The van der Waals surface area contributed by atoms with Crippen LogP contribution < -0.4 is 0 Å². The van der Waals surface area contributed by atoms with E-state index < -0.39 is 0 Å². The second-order valence-corrected chi connectivity index (χ2v) is 6.62. The number of hydrogen-bond acceptors (Lipinski definition) is 0. The average molecular weight is 240 g/mol. The summed E-state index contributed by atoms with van der Waals surface area (Å²) in [4.78, 5) is 0. The molecule has 0 aromatic rings. The fourth-order valence-corrected chi connectivity index (χ4v) is 2.87. The summed E-state index contributed by atoms with van der Waals surface area (Å²) in [6, 6.07) is 0. The van der Waals surface area contributed by atoms with Crippen LogP contribution in [0.25, 0.3) is 0 Å². The van der Waals surface area contributed by atoms with Crippen LogP contribution in [0.3, 0.4) is 0 Å². The SMILES string of the molecule is CCC[CH2][K].CCC[CH2][Na].[Li][CH2]CCC. The summed E-state index contributed by atoms with van der Waals surface area (Å²) >= 11 is 4.72. The minimum absolute atomic E-state index is 1.11. The van der Waals surface area contributed by atoms with E-state index in [9.17, 15) is 0 Å². The summed E-state index contributed by atoms with van der Waals surface area (Å²) in [5.74, 6) is 0. The summed E-state index contributed by atoms with van der Waals surface area (Å²) in [6.07, 6.45) is 8.42. The van der Waals surface area contributed by atoms with Crippen LogP contribution in [0.5, 0.6) is 0 Å². The molecule has 0 heterocycles. The molecule has 0 rings (SSSR count). The van der Waals surface area contributed by atoms with Gasteiger partial charge in [0.15, 0.2) is 0 Å². The number of unbranched alkanes of at least 4 members (excludes halogenated alkanes) is 3. The van der Waals surface area contributed by atoms with E-state index in [0.29, 0.717) is 0 Å². The van der Waals surface area contributed by atoms with Gasteiger partial charge in [-0.25, -0.2) is 0 Å². The first-order valence-corrected chi connectivity index (χ1v) is 10.9. The van der Waals surface area contributed by atoms with Gasteiger partial charge in [-0.05, 0) is 0 Å². The van der Waals surface area contributed by atoms with Crippen LogP contribution in [0.2, 0.25) is 9.28 Å². The van der Waals surface area contributed by atoms with Crippen LogP contribution in [0, 0.1) is 0 Å². The summed E-state index contributed by atoms with van der Waals surface area (Å²) in [7, 11) is 0. The molecule has 0 atom stereocenters. The fourth-order valence-electron chi connectivity index (χ4n) is 1.06. The summed E-state index contributed by atoms with van der Waals surface area (Å²) in [5, 5.41) is 1.34. The van der Waals surface area contributed by atoms with Crippen LogP contribution in [-0.4, -0.2) is 94.6 Å². The summed E-state index contributed by atoms with van der Waals surface area (Å²) in [6.45, 7) is 6.69. The average Bonchev–Trinajstić information content (AvgIpc) is 2.23. The molecule has 0 aromatic carbocycles. The van der Waals surface area contributed by atoms with Gasteiger partial charge in [-0.3, -0.25) is 0 Å². The maximum absolute atomic E-state index is 2.24. The Morgan fingerprint density at radius 3 is 1.40 bits per heavy atom. The zero-order chi connectivity index (χ0) is 12.4. The first-order valence-electron chi connectivity index (χ1n) is 7.24. The third-order valence-corrected chi connectivity index (χ3v) is 3.93. The Morgan fingerprint density at radius 1 is 0.933 bits per heavy atom. The molecule has 0 aliphatic heterocycles. The Bertz CT molecular complexity index is 52.4. The van der Waals surface area contributed by atoms with Gasteiger partial charge in [-0.2, -0.15) is 0 Å². The van der Waals surface area contributed by atoms with Crippen molar-refractivity contribution in [2.75, 3.05) is 0 Å². The standard InChI is InChI=1S/3C4H9.K.Li.Na/c3*1-3-4-2;;;/h3*1,3-4H2,2H3;;;. The van der Waals surface area contributed by atoms with Gasteiger partial charge in [0, 0.05) is 0 Å². The minimum atomic E-state index is 1.11. The second kappa shape index (κ2) is 30.3. The van der Waals surface area contributed by atoms with E-state index in [4.69, 9.17) is 0 Å². The molecule has 0 fully saturated rings. The van der Waals surface area contributed by atoms with Gasteiger partial charge in [-0.15, -0.1) is 0 Å². The van der Waals surface area contributed by atoms with Crippen LogP contribution in [0.15, 0.2) is 0 Å². The van der Waals surface area contributed by atoms with Crippen molar-refractivity contribution in [3.8, 4) is 0 Å². The first kappa shape index (κ1) is 23.3. The van der Waals surface area contributed by atoms with Crippen molar-refractivity contribution in [2.24, 2.45) is 0 Å². The van der Waals surface area contributed by atoms with Gasteiger partial charge in [0.05, 0.1) is 0 Å². The molecule has 0 amide bonds. The Hall–Kier alpha value is 3.23. The van der Waals surface area contributed by atoms with E-state index in [1.807, 2.05) is 0 Å². The summed E-state index contributed by atoms with van der Waals surface area (Å²) in [5.41, 5.74) is 0. The second-order valence-electron chi connectivity index (χ2n) is 4.06. The van der Waals surface area contributed by atoms with Crippen molar-refractivity contribution in [1.82, 2.24) is 0 Å². The van der Waals surface area contributed by atoms with Crippen LogP contribution in [-0.2, 0) is 0 Å². The topological polar surface area (TPSA) is 0 Å². The Labute approximate surface area is 160 Å². The van der Waals surface area contributed by atoms with E-state index in [-0.39, 0.29) is 0 Å². The van der Waals surface area contributed by atoms with Crippen LogP contribution in [0.1, 0.15) is 59.3 Å². The normalized spacial score (nSPS) is 8.60. The molecule has 0 radical (unpaired) electrons. The van der Waals surface area contributed by atoms with Crippen molar-refractivity contribution in [3.05, 3.63) is 0 Å². The third-order valence-electron chi connectivity index (χ3n) is 2.12. The molecule has 0 saturated heterocycles. The van der Waals surface area contributed by atoms with E-state index in [1.54, 1.807) is 0 Å². The van der Waals surface area contributed by atoms with Crippen molar-refractivity contribution >= 4 is 94.6 Å². The zero-order valence-corrected chi connectivity index (χ0v) is 17.5. The summed E-state index contributed by atoms with van der Waals surface area (Å²) < 4.78 is 3.01. The van der Waals surface area contributed by atoms with E-state index in [2.05, 4.69) is 38.5 Å². The van der Waals surface area contributed by atoms with Crippen molar-refractivity contribution < 1.29 is 0 Å². The molecule has 0 unspecified atom stereocenters. The molecule has 0 nitrogen and oxygen atoms in total. The predicted octanol–water partition coefficient (Wildman–Crippen LogP) is 4.12. The molecule has 78 valence electrons. The molecule has 0 aliphatic rings. The predicted molar refractivity (Wildman–Crippen MR) is 76.4 cm³/mol. The molecule has 0 aliphatic carbocycles. The van der Waals surface area contributed by atoms with Crippen molar-refractivity contribution in [1.29, 1.82) is 0 Å². The van der Waals surface area contributed by atoms with Crippen LogP contribution in [0.4, 0.5) is 0 Å². The molecular formula is C12H27KLiNa. The van der Waals surface area contributed by atoms with Gasteiger partial charge in [0.25, 0.3) is 0 Å². The van der Waals surface area contributed by atoms with Crippen molar-refractivity contribution in [2.45, 2.75) is 68.6 Å². The van der Waals surface area contributed by atoms with Crippen LogP contribution >= 0.6 is 0 Å².